The molecule has 0 saturated heterocycles. The van der Waals surface area contributed by atoms with Gasteiger partial charge in [-0.1, -0.05) is 17.9 Å². The van der Waals surface area contributed by atoms with Crippen LogP contribution >= 0.6 is 0 Å². The minimum absolute atomic E-state index is 0.0298. The number of hydrogen-bond acceptors (Lipinski definition) is 7. The molecule has 0 saturated carbocycles. The molecule has 0 amide bonds. The van der Waals surface area contributed by atoms with Gasteiger partial charge in [0, 0.05) is 23.3 Å². The van der Waals surface area contributed by atoms with Crippen molar-refractivity contribution < 1.29 is 22.3 Å². The normalized spacial score (nSPS) is 12.4. The van der Waals surface area contributed by atoms with Crippen molar-refractivity contribution in [2.24, 2.45) is 0 Å². The summed E-state index contributed by atoms with van der Waals surface area (Å²) in [6.45, 7) is -0.0982. The molecule has 0 atom stereocenters. The lowest BCUT2D eigenvalue weighted by Crippen LogP contribution is -2.16. The van der Waals surface area contributed by atoms with Gasteiger partial charge in [-0.15, -0.1) is 0 Å². The van der Waals surface area contributed by atoms with Crippen LogP contribution in [0.15, 0.2) is 53.8 Å². The summed E-state index contributed by atoms with van der Waals surface area (Å²) in [4.78, 5) is 7.79. The van der Waals surface area contributed by atoms with E-state index in [0.717, 1.165) is 5.39 Å². The number of para-hydroxylation sites is 1. The fourth-order valence-electron chi connectivity index (χ4n) is 2.95. The summed E-state index contributed by atoms with van der Waals surface area (Å²) < 4.78 is 53.1. The number of anilines is 1. The zero-order valence-electron chi connectivity index (χ0n) is 15.6. The standard InChI is InChI=1S/C20H12FN5O4S/c21-17-13(5-4-12-8-14-10-24-25-19(14)23-9-12)6-7-22-20(17)26-31(27,28)16-3-1-2-15-18(16)30-11-29-15/h1-3,6-10H,11H2,(H,22,26)(H,23,24,25). The summed E-state index contributed by atoms with van der Waals surface area (Å²) in [6.07, 6.45) is 4.38. The van der Waals surface area contributed by atoms with Crippen molar-refractivity contribution in [1.29, 1.82) is 0 Å². The van der Waals surface area contributed by atoms with Gasteiger partial charge in [0.1, 0.15) is 4.90 Å². The monoisotopic (exact) mass is 437 g/mol. The third-order valence-electron chi connectivity index (χ3n) is 4.40. The molecule has 0 unspecified atom stereocenters. The fourth-order valence-corrected chi connectivity index (χ4v) is 4.12. The Hall–Kier alpha value is -4.17. The molecule has 3 aromatic heterocycles. The molecule has 0 spiro atoms. The molecule has 4 aromatic rings. The molecule has 1 aromatic carbocycles. The van der Waals surface area contributed by atoms with E-state index in [9.17, 15) is 12.8 Å². The van der Waals surface area contributed by atoms with Crippen LogP contribution in [0.25, 0.3) is 11.0 Å². The van der Waals surface area contributed by atoms with Gasteiger partial charge in [0.15, 0.2) is 28.8 Å². The molecule has 0 aliphatic carbocycles. The summed E-state index contributed by atoms with van der Waals surface area (Å²) >= 11 is 0. The SMILES string of the molecule is O=S(=O)(Nc1nccc(C#Cc2cnc3[nH]ncc3c2)c1F)c1cccc2c1OCO2. The van der Waals surface area contributed by atoms with Gasteiger partial charge in [-0.05, 0) is 24.3 Å². The predicted octanol–water partition coefficient (Wildman–Crippen LogP) is 2.42. The highest BCUT2D eigenvalue weighted by Gasteiger charge is 2.27. The second-order valence-electron chi connectivity index (χ2n) is 6.40. The first kappa shape index (κ1) is 18.8. The second-order valence-corrected chi connectivity index (χ2v) is 8.05. The topological polar surface area (TPSA) is 119 Å². The number of aromatic amines is 1. The van der Waals surface area contributed by atoms with Crippen LogP contribution in [0, 0.1) is 17.7 Å². The van der Waals surface area contributed by atoms with E-state index in [-0.39, 0.29) is 23.0 Å². The maximum absolute atomic E-state index is 14.9. The molecule has 154 valence electrons. The Kier molecular flexibility index (Phi) is 4.41. The van der Waals surface area contributed by atoms with Crippen LogP contribution in [0.5, 0.6) is 11.5 Å². The Bertz CT molecular complexity index is 1490. The van der Waals surface area contributed by atoms with Crippen molar-refractivity contribution >= 4 is 26.9 Å². The van der Waals surface area contributed by atoms with Crippen molar-refractivity contribution in [3.63, 3.8) is 0 Å². The number of nitrogens with zero attached hydrogens (tertiary/aromatic N) is 3. The van der Waals surface area contributed by atoms with Gasteiger partial charge in [0.05, 0.1) is 11.8 Å². The quantitative estimate of drug-likeness (QED) is 0.473. The maximum Gasteiger partial charge on any atom is 0.266 e. The summed E-state index contributed by atoms with van der Waals surface area (Å²) in [5.41, 5.74) is 1.13. The summed E-state index contributed by atoms with van der Waals surface area (Å²) in [6, 6.07) is 7.50. The highest BCUT2D eigenvalue weighted by atomic mass is 32.2. The molecule has 5 rings (SSSR count). The number of halogens is 1. The Morgan fingerprint density at radius 2 is 2.03 bits per heavy atom. The maximum atomic E-state index is 14.9. The Morgan fingerprint density at radius 1 is 1.13 bits per heavy atom. The number of fused-ring (bicyclic) bond motifs is 2. The van der Waals surface area contributed by atoms with Crippen LogP contribution in [0.4, 0.5) is 10.2 Å². The number of benzene rings is 1. The third-order valence-corrected chi connectivity index (χ3v) is 5.77. The van der Waals surface area contributed by atoms with Crippen LogP contribution in [0.1, 0.15) is 11.1 Å². The van der Waals surface area contributed by atoms with E-state index in [1.54, 1.807) is 18.3 Å². The summed E-state index contributed by atoms with van der Waals surface area (Å²) in [7, 11) is -4.19. The number of pyridine rings is 2. The van der Waals surface area contributed by atoms with E-state index in [0.29, 0.717) is 17.0 Å². The minimum atomic E-state index is -4.19. The van der Waals surface area contributed by atoms with Gasteiger partial charge in [-0.2, -0.15) is 5.10 Å². The van der Waals surface area contributed by atoms with Gasteiger partial charge < -0.3 is 9.47 Å². The molecule has 31 heavy (non-hydrogen) atoms. The molecule has 4 heterocycles. The van der Waals surface area contributed by atoms with Crippen molar-refractivity contribution in [3.05, 3.63) is 65.9 Å². The second kappa shape index (κ2) is 7.26. The van der Waals surface area contributed by atoms with Gasteiger partial charge >= 0.3 is 0 Å². The smallest absolute Gasteiger partial charge is 0.266 e. The Morgan fingerprint density at radius 3 is 2.94 bits per heavy atom. The van der Waals surface area contributed by atoms with Gasteiger partial charge in [-0.25, -0.2) is 22.8 Å². The number of sulfonamides is 1. The fraction of sp³-hybridized carbons (Fsp3) is 0.0500. The summed E-state index contributed by atoms with van der Waals surface area (Å²) in [5.74, 6) is 4.45. The predicted molar refractivity (Wildman–Crippen MR) is 107 cm³/mol. The number of ether oxygens (including phenoxy) is 2. The number of aromatic nitrogens is 4. The van der Waals surface area contributed by atoms with Gasteiger partial charge in [-0.3, -0.25) is 9.82 Å². The average Bonchev–Trinajstić information content (AvgIpc) is 3.42. The first-order valence-corrected chi connectivity index (χ1v) is 10.4. The summed E-state index contributed by atoms with van der Waals surface area (Å²) in [5, 5.41) is 7.37. The van der Waals surface area contributed by atoms with E-state index in [1.165, 1.54) is 30.6 Å². The van der Waals surface area contributed by atoms with Crippen LogP contribution in [0.2, 0.25) is 0 Å². The van der Waals surface area contributed by atoms with Crippen molar-refractivity contribution in [1.82, 2.24) is 20.2 Å². The molecule has 9 nitrogen and oxygen atoms in total. The van der Waals surface area contributed by atoms with E-state index in [2.05, 4.69) is 36.7 Å². The zero-order chi connectivity index (χ0) is 21.4. The van der Waals surface area contributed by atoms with Crippen molar-refractivity contribution in [3.8, 4) is 23.3 Å². The molecule has 1 aliphatic rings. The van der Waals surface area contributed by atoms with E-state index >= 15 is 0 Å². The van der Waals surface area contributed by atoms with Gasteiger partial charge in [0.2, 0.25) is 6.79 Å². The molecule has 0 bridgehead atoms. The first-order valence-electron chi connectivity index (χ1n) is 8.88. The Balaban J connectivity index is 1.46. The van der Waals surface area contributed by atoms with E-state index < -0.39 is 21.7 Å². The van der Waals surface area contributed by atoms with E-state index in [1.807, 2.05) is 0 Å². The number of nitrogens with one attached hydrogen (secondary N) is 2. The van der Waals surface area contributed by atoms with Crippen LogP contribution in [0.3, 0.4) is 0 Å². The van der Waals surface area contributed by atoms with Gasteiger partial charge in [0.25, 0.3) is 10.0 Å². The average molecular weight is 437 g/mol. The lowest BCUT2D eigenvalue weighted by Gasteiger charge is -2.10. The molecule has 1 aliphatic heterocycles. The highest BCUT2D eigenvalue weighted by molar-refractivity contribution is 7.92. The molecule has 0 radical (unpaired) electrons. The lowest BCUT2D eigenvalue weighted by molar-refractivity contribution is 0.172. The molecular weight excluding hydrogens is 425 g/mol. The lowest BCUT2D eigenvalue weighted by atomic mass is 10.2. The first-order chi connectivity index (χ1) is 15.0. The number of hydrogen-bond donors (Lipinski definition) is 2. The molecule has 2 N–H and O–H groups in total. The Labute approximate surface area is 175 Å². The highest BCUT2D eigenvalue weighted by Crippen LogP contribution is 2.38. The van der Waals surface area contributed by atoms with Crippen LogP contribution < -0.4 is 14.2 Å². The van der Waals surface area contributed by atoms with E-state index in [4.69, 9.17) is 9.47 Å². The number of H-pyrrole nitrogens is 1. The number of rotatable bonds is 3. The largest absolute Gasteiger partial charge is 0.454 e. The van der Waals surface area contributed by atoms with Crippen molar-refractivity contribution in [2.45, 2.75) is 4.90 Å². The zero-order valence-corrected chi connectivity index (χ0v) is 16.4. The molecule has 11 heteroatoms. The third kappa shape index (κ3) is 3.49. The minimum Gasteiger partial charge on any atom is -0.454 e. The van der Waals surface area contributed by atoms with Crippen LogP contribution in [-0.4, -0.2) is 35.4 Å². The van der Waals surface area contributed by atoms with Crippen molar-refractivity contribution in [2.75, 3.05) is 11.5 Å². The molecular formula is C20H12FN5O4S. The molecule has 0 fully saturated rings. The van der Waals surface area contributed by atoms with Crippen LogP contribution in [-0.2, 0) is 10.0 Å².